The fourth-order valence-corrected chi connectivity index (χ4v) is 3.01. The second kappa shape index (κ2) is 9.93. The van der Waals surface area contributed by atoms with Gasteiger partial charge in [0.2, 0.25) is 0 Å². The molecule has 0 amide bonds. The van der Waals surface area contributed by atoms with E-state index < -0.39 is 0 Å². The second-order valence-corrected chi connectivity index (χ2v) is 6.09. The number of hydrogen-bond acceptors (Lipinski definition) is 3. The van der Waals surface area contributed by atoms with Gasteiger partial charge >= 0.3 is 0 Å². The van der Waals surface area contributed by atoms with Crippen LogP contribution in [0, 0.1) is 0 Å². The molecule has 0 aliphatic carbocycles. The van der Waals surface area contributed by atoms with Gasteiger partial charge in [0.05, 0.1) is 0 Å². The van der Waals surface area contributed by atoms with E-state index in [-0.39, 0.29) is 0 Å². The summed E-state index contributed by atoms with van der Waals surface area (Å²) < 4.78 is 0. The zero-order valence-electron chi connectivity index (χ0n) is 13.1. The number of nitrogens with one attached hydrogen (secondary N) is 1. The van der Waals surface area contributed by atoms with Crippen molar-refractivity contribution in [1.29, 1.82) is 0 Å². The molecule has 1 aromatic carbocycles. The summed E-state index contributed by atoms with van der Waals surface area (Å²) in [7, 11) is 0. The summed E-state index contributed by atoms with van der Waals surface area (Å²) in [5.41, 5.74) is 1.45. The molecule has 0 unspecified atom stereocenters. The van der Waals surface area contributed by atoms with Gasteiger partial charge in [-0.25, -0.2) is 0 Å². The van der Waals surface area contributed by atoms with Gasteiger partial charge in [-0.1, -0.05) is 30.3 Å². The second-order valence-electron chi connectivity index (χ2n) is 6.09. The molecule has 0 bridgehead atoms. The summed E-state index contributed by atoms with van der Waals surface area (Å²) in [4.78, 5) is 2.59. The highest BCUT2D eigenvalue weighted by atomic mass is 16.2. The standard InChI is InChI=1S/C18H30N2O/c21-16-6-2-5-12-19-18-10-14-20(15-11-18)13-9-17-7-3-1-4-8-17/h1,3-4,7-8,18-19,21H,2,5-6,9-16H2. The number of likely N-dealkylation sites (tertiary alicyclic amines) is 1. The normalized spacial score (nSPS) is 17.2. The average Bonchev–Trinajstić information content (AvgIpc) is 2.55. The quantitative estimate of drug-likeness (QED) is 0.686. The van der Waals surface area contributed by atoms with Gasteiger partial charge in [0, 0.05) is 19.2 Å². The van der Waals surface area contributed by atoms with E-state index in [1.807, 2.05) is 0 Å². The number of rotatable bonds is 9. The number of hydrogen-bond donors (Lipinski definition) is 2. The lowest BCUT2D eigenvalue weighted by Crippen LogP contribution is -2.43. The first kappa shape index (κ1) is 16.5. The first-order valence-corrected chi connectivity index (χ1v) is 8.49. The third-order valence-electron chi connectivity index (χ3n) is 4.42. The smallest absolute Gasteiger partial charge is 0.0431 e. The molecule has 1 saturated heterocycles. The predicted molar refractivity (Wildman–Crippen MR) is 88.5 cm³/mol. The van der Waals surface area contributed by atoms with Crippen LogP contribution < -0.4 is 5.32 Å². The van der Waals surface area contributed by atoms with Crippen molar-refractivity contribution >= 4 is 0 Å². The Morgan fingerprint density at radius 2 is 1.81 bits per heavy atom. The number of aliphatic hydroxyl groups is 1. The lowest BCUT2D eigenvalue weighted by Gasteiger charge is -2.32. The zero-order chi connectivity index (χ0) is 14.8. The minimum Gasteiger partial charge on any atom is -0.396 e. The molecular weight excluding hydrogens is 260 g/mol. The van der Waals surface area contributed by atoms with Crippen LogP contribution >= 0.6 is 0 Å². The lowest BCUT2D eigenvalue weighted by atomic mass is 10.0. The molecule has 0 saturated carbocycles. The maximum Gasteiger partial charge on any atom is 0.0431 e. The molecule has 21 heavy (non-hydrogen) atoms. The minimum atomic E-state index is 0.333. The van der Waals surface area contributed by atoms with Crippen LogP contribution in [0.4, 0.5) is 0 Å². The van der Waals surface area contributed by atoms with Crippen LogP contribution in [0.2, 0.25) is 0 Å². The first-order valence-electron chi connectivity index (χ1n) is 8.49. The molecule has 1 fully saturated rings. The summed E-state index contributed by atoms with van der Waals surface area (Å²) in [6.45, 7) is 5.07. The fourth-order valence-electron chi connectivity index (χ4n) is 3.01. The van der Waals surface area contributed by atoms with E-state index in [2.05, 4.69) is 40.5 Å². The van der Waals surface area contributed by atoms with Gasteiger partial charge in [-0.05, 0) is 63.7 Å². The number of nitrogens with zero attached hydrogens (tertiary/aromatic N) is 1. The third-order valence-corrected chi connectivity index (χ3v) is 4.42. The average molecular weight is 290 g/mol. The van der Waals surface area contributed by atoms with Crippen LogP contribution in [0.1, 0.15) is 37.7 Å². The molecule has 0 radical (unpaired) electrons. The van der Waals surface area contributed by atoms with Gasteiger partial charge in [-0.15, -0.1) is 0 Å². The summed E-state index contributed by atoms with van der Waals surface area (Å²) in [5, 5.41) is 12.4. The largest absolute Gasteiger partial charge is 0.396 e. The van der Waals surface area contributed by atoms with Crippen molar-refractivity contribution in [2.24, 2.45) is 0 Å². The van der Waals surface area contributed by atoms with E-state index in [1.54, 1.807) is 0 Å². The van der Waals surface area contributed by atoms with Crippen LogP contribution in [-0.4, -0.2) is 48.8 Å². The molecule has 2 rings (SSSR count). The number of benzene rings is 1. The molecule has 1 heterocycles. The van der Waals surface area contributed by atoms with Crippen molar-refractivity contribution in [1.82, 2.24) is 10.2 Å². The zero-order valence-corrected chi connectivity index (χ0v) is 13.1. The maximum atomic E-state index is 8.75. The van der Waals surface area contributed by atoms with E-state index in [4.69, 9.17) is 5.11 Å². The fraction of sp³-hybridized carbons (Fsp3) is 0.667. The van der Waals surface area contributed by atoms with Gasteiger partial charge in [0.15, 0.2) is 0 Å². The molecule has 0 aromatic heterocycles. The van der Waals surface area contributed by atoms with Crippen LogP contribution in [0.15, 0.2) is 30.3 Å². The Morgan fingerprint density at radius 3 is 2.52 bits per heavy atom. The summed E-state index contributed by atoms with van der Waals surface area (Å²) in [6.07, 6.45) is 6.98. The van der Waals surface area contributed by atoms with Crippen LogP contribution in [-0.2, 0) is 6.42 Å². The van der Waals surface area contributed by atoms with E-state index in [0.29, 0.717) is 12.6 Å². The first-order chi connectivity index (χ1) is 10.4. The lowest BCUT2D eigenvalue weighted by molar-refractivity contribution is 0.199. The van der Waals surface area contributed by atoms with Gasteiger partial charge in [-0.3, -0.25) is 0 Å². The van der Waals surface area contributed by atoms with E-state index in [1.165, 1.54) is 50.9 Å². The SMILES string of the molecule is OCCCCCNC1CCN(CCc2ccccc2)CC1. The van der Waals surface area contributed by atoms with Crippen molar-refractivity contribution < 1.29 is 5.11 Å². The molecule has 1 aromatic rings. The number of piperidine rings is 1. The Hall–Kier alpha value is -0.900. The number of unbranched alkanes of at least 4 members (excludes halogenated alkanes) is 2. The maximum absolute atomic E-state index is 8.75. The van der Waals surface area contributed by atoms with Crippen molar-refractivity contribution in [2.75, 3.05) is 32.8 Å². The van der Waals surface area contributed by atoms with E-state index >= 15 is 0 Å². The van der Waals surface area contributed by atoms with Crippen LogP contribution in [0.5, 0.6) is 0 Å². The van der Waals surface area contributed by atoms with E-state index in [0.717, 1.165) is 19.4 Å². The Bertz CT molecular complexity index is 361. The van der Waals surface area contributed by atoms with Crippen LogP contribution in [0.25, 0.3) is 0 Å². The highest BCUT2D eigenvalue weighted by molar-refractivity contribution is 5.14. The molecular formula is C18H30N2O. The molecule has 1 aliphatic rings. The molecule has 1 aliphatic heterocycles. The Morgan fingerprint density at radius 1 is 1.05 bits per heavy atom. The third kappa shape index (κ3) is 6.60. The van der Waals surface area contributed by atoms with Crippen LogP contribution in [0.3, 0.4) is 0 Å². The molecule has 0 atom stereocenters. The van der Waals surface area contributed by atoms with Crippen molar-refractivity contribution in [2.45, 2.75) is 44.6 Å². The molecule has 3 nitrogen and oxygen atoms in total. The van der Waals surface area contributed by atoms with Crippen molar-refractivity contribution in [3.05, 3.63) is 35.9 Å². The van der Waals surface area contributed by atoms with Crippen molar-refractivity contribution in [3.63, 3.8) is 0 Å². The topological polar surface area (TPSA) is 35.5 Å². The molecule has 3 heteroatoms. The van der Waals surface area contributed by atoms with Gasteiger partial charge in [-0.2, -0.15) is 0 Å². The van der Waals surface area contributed by atoms with E-state index in [9.17, 15) is 0 Å². The summed E-state index contributed by atoms with van der Waals surface area (Å²) >= 11 is 0. The van der Waals surface area contributed by atoms with Gasteiger partial charge < -0.3 is 15.3 Å². The Labute approximate surface area is 129 Å². The molecule has 2 N–H and O–H groups in total. The Balaban J connectivity index is 1.54. The van der Waals surface area contributed by atoms with Gasteiger partial charge in [0.1, 0.15) is 0 Å². The summed E-state index contributed by atoms with van der Waals surface area (Å²) in [6, 6.07) is 11.5. The molecule has 118 valence electrons. The minimum absolute atomic E-state index is 0.333. The number of aliphatic hydroxyl groups excluding tert-OH is 1. The predicted octanol–water partition coefficient (Wildman–Crippen LogP) is 2.45. The highest BCUT2D eigenvalue weighted by Crippen LogP contribution is 2.11. The molecule has 0 spiro atoms. The Kier molecular flexibility index (Phi) is 7.79. The van der Waals surface area contributed by atoms with Gasteiger partial charge in [0.25, 0.3) is 0 Å². The monoisotopic (exact) mass is 290 g/mol. The van der Waals surface area contributed by atoms with Crippen molar-refractivity contribution in [3.8, 4) is 0 Å². The summed E-state index contributed by atoms with van der Waals surface area (Å²) in [5.74, 6) is 0. The highest BCUT2D eigenvalue weighted by Gasteiger charge is 2.17.